The summed E-state index contributed by atoms with van der Waals surface area (Å²) < 4.78 is 1.76. The molecule has 3 heteroatoms. The van der Waals surface area contributed by atoms with Crippen molar-refractivity contribution >= 4 is 12.3 Å². The summed E-state index contributed by atoms with van der Waals surface area (Å²) in [6.07, 6.45) is 9.30. The second-order valence-corrected chi connectivity index (χ2v) is 4.02. The lowest BCUT2D eigenvalue weighted by atomic mass is 10.2. The Morgan fingerprint density at radius 1 is 1.24 bits per heavy atom. The van der Waals surface area contributed by atoms with Gasteiger partial charge in [-0.2, -0.15) is 0 Å². The number of rotatable bonds is 5. The summed E-state index contributed by atoms with van der Waals surface area (Å²) in [6.45, 7) is 2.18. The Kier molecular flexibility index (Phi) is 4.08. The number of hydrogen-bond donors (Lipinski definition) is 0. The molecule has 0 atom stereocenters. The highest BCUT2D eigenvalue weighted by atomic mass is 15.4. The highest BCUT2D eigenvalue weighted by Gasteiger charge is 1.97. The Morgan fingerprint density at radius 2 is 2.06 bits per heavy atom. The Morgan fingerprint density at radius 3 is 2.82 bits per heavy atom. The van der Waals surface area contributed by atoms with Crippen LogP contribution in [0.3, 0.4) is 0 Å². The van der Waals surface area contributed by atoms with E-state index in [1.165, 1.54) is 12.8 Å². The number of unbranched alkanes of at least 4 members (excludes halogenated alkanes) is 1. The number of aryl methyl sites for hydroxylation is 1. The van der Waals surface area contributed by atoms with Gasteiger partial charge in [0.1, 0.15) is 0 Å². The first kappa shape index (κ1) is 11.6. The summed E-state index contributed by atoms with van der Waals surface area (Å²) in [5.41, 5.74) is 2.22. The van der Waals surface area contributed by atoms with Gasteiger partial charge >= 0.3 is 0 Å². The molecule has 1 heterocycles. The van der Waals surface area contributed by atoms with Crippen LogP contribution < -0.4 is 0 Å². The molecule has 0 unspecified atom stereocenters. The average molecular weight is 227 g/mol. The van der Waals surface area contributed by atoms with Crippen molar-refractivity contribution in [3.63, 3.8) is 0 Å². The van der Waals surface area contributed by atoms with E-state index >= 15 is 0 Å². The minimum absolute atomic E-state index is 1.01. The zero-order valence-corrected chi connectivity index (χ0v) is 10.1. The topological polar surface area (TPSA) is 30.7 Å². The molecular formula is C14H17N3. The van der Waals surface area contributed by atoms with Gasteiger partial charge in [0.25, 0.3) is 0 Å². The van der Waals surface area contributed by atoms with Crippen molar-refractivity contribution in [1.29, 1.82) is 0 Å². The Labute approximate surface area is 102 Å². The van der Waals surface area contributed by atoms with E-state index in [9.17, 15) is 0 Å². The monoisotopic (exact) mass is 227 g/mol. The number of hydrogen-bond acceptors (Lipinski definition) is 2. The third kappa shape index (κ3) is 3.55. The summed E-state index contributed by atoms with van der Waals surface area (Å²) in [7, 11) is 0. The lowest BCUT2D eigenvalue weighted by Crippen LogP contribution is -1.85. The van der Waals surface area contributed by atoms with Crippen molar-refractivity contribution in [3.8, 4) is 0 Å². The first-order valence-corrected chi connectivity index (χ1v) is 6.02. The predicted octanol–water partition coefficient (Wildman–Crippen LogP) is 3.25. The van der Waals surface area contributed by atoms with E-state index in [0.29, 0.717) is 0 Å². The first-order valence-electron chi connectivity index (χ1n) is 6.02. The summed E-state index contributed by atoms with van der Waals surface area (Å²) in [5.74, 6) is 0. The molecule has 0 bridgehead atoms. The Balaban J connectivity index is 1.99. The van der Waals surface area contributed by atoms with Crippen LogP contribution in [0.15, 0.2) is 36.5 Å². The Hall–Kier alpha value is -1.90. The molecule has 0 amide bonds. The molecule has 0 radical (unpaired) electrons. The fraction of sp³-hybridized carbons (Fsp3) is 0.286. The molecule has 0 N–H and O–H groups in total. The minimum atomic E-state index is 1.01. The van der Waals surface area contributed by atoms with Crippen LogP contribution in [-0.4, -0.2) is 15.0 Å². The van der Waals surface area contributed by atoms with Crippen molar-refractivity contribution in [2.45, 2.75) is 26.2 Å². The maximum Gasteiger partial charge on any atom is 0.0831 e. The summed E-state index contributed by atoms with van der Waals surface area (Å²) in [6, 6.07) is 10.2. The van der Waals surface area contributed by atoms with E-state index in [1.54, 1.807) is 4.68 Å². The van der Waals surface area contributed by atoms with E-state index in [2.05, 4.69) is 29.4 Å². The molecule has 0 saturated heterocycles. The van der Waals surface area contributed by atoms with Crippen molar-refractivity contribution in [2.75, 3.05) is 0 Å². The van der Waals surface area contributed by atoms with E-state index in [-0.39, 0.29) is 0 Å². The highest BCUT2D eigenvalue weighted by Crippen LogP contribution is 2.04. The van der Waals surface area contributed by atoms with Crippen molar-refractivity contribution in [3.05, 3.63) is 47.8 Å². The van der Waals surface area contributed by atoms with Gasteiger partial charge in [0, 0.05) is 6.20 Å². The van der Waals surface area contributed by atoms with Gasteiger partial charge in [0.15, 0.2) is 0 Å². The highest BCUT2D eigenvalue weighted by molar-refractivity contribution is 5.59. The quantitative estimate of drug-likeness (QED) is 0.785. The van der Waals surface area contributed by atoms with Crippen molar-refractivity contribution < 1.29 is 0 Å². The van der Waals surface area contributed by atoms with Gasteiger partial charge in [0.2, 0.25) is 0 Å². The SMILES string of the molecule is CCCCc1cn(/C=C/c2ccccc2)nn1. The first-order chi connectivity index (χ1) is 8.38. The maximum atomic E-state index is 4.13. The van der Waals surface area contributed by atoms with Gasteiger partial charge in [0.05, 0.1) is 11.9 Å². The van der Waals surface area contributed by atoms with Crippen LogP contribution in [-0.2, 0) is 6.42 Å². The summed E-state index contributed by atoms with van der Waals surface area (Å²) >= 11 is 0. The molecule has 0 aliphatic rings. The largest absolute Gasteiger partial charge is 0.228 e. The molecule has 0 spiro atoms. The van der Waals surface area contributed by atoms with Crippen LogP contribution in [0.25, 0.3) is 12.3 Å². The van der Waals surface area contributed by atoms with Crippen molar-refractivity contribution in [1.82, 2.24) is 15.0 Å². The third-order valence-electron chi connectivity index (χ3n) is 2.56. The molecule has 0 saturated carbocycles. The van der Waals surface area contributed by atoms with Gasteiger partial charge < -0.3 is 0 Å². The molecule has 17 heavy (non-hydrogen) atoms. The molecule has 2 rings (SSSR count). The predicted molar refractivity (Wildman–Crippen MR) is 70.3 cm³/mol. The molecule has 1 aromatic carbocycles. The molecule has 1 aromatic heterocycles. The van der Waals surface area contributed by atoms with Gasteiger partial charge in [-0.25, -0.2) is 4.68 Å². The lowest BCUT2D eigenvalue weighted by molar-refractivity contribution is 0.766. The van der Waals surface area contributed by atoms with E-state index in [0.717, 1.165) is 17.7 Å². The lowest BCUT2D eigenvalue weighted by Gasteiger charge is -1.92. The smallest absolute Gasteiger partial charge is 0.0831 e. The van der Waals surface area contributed by atoms with Crippen LogP contribution in [0, 0.1) is 0 Å². The zero-order valence-electron chi connectivity index (χ0n) is 10.1. The number of benzene rings is 1. The van der Waals surface area contributed by atoms with Gasteiger partial charge in [-0.3, -0.25) is 0 Å². The minimum Gasteiger partial charge on any atom is -0.228 e. The van der Waals surface area contributed by atoms with Crippen LogP contribution in [0.4, 0.5) is 0 Å². The summed E-state index contributed by atoms with van der Waals surface area (Å²) in [5, 5.41) is 8.19. The van der Waals surface area contributed by atoms with Crippen molar-refractivity contribution in [2.24, 2.45) is 0 Å². The molecule has 0 aliphatic carbocycles. The molecule has 0 fully saturated rings. The zero-order chi connectivity index (χ0) is 11.9. The van der Waals surface area contributed by atoms with E-state index in [1.807, 2.05) is 36.7 Å². The molecule has 2 aromatic rings. The average Bonchev–Trinajstić information content (AvgIpc) is 2.83. The standard InChI is InChI=1S/C14H17N3/c1-2-3-9-14-12-17(16-15-14)11-10-13-7-5-4-6-8-13/h4-8,10-12H,2-3,9H2,1H3/b11-10+. The third-order valence-corrected chi connectivity index (χ3v) is 2.56. The normalized spacial score (nSPS) is 11.1. The molecule has 88 valence electrons. The fourth-order valence-corrected chi connectivity index (χ4v) is 1.59. The fourth-order valence-electron chi connectivity index (χ4n) is 1.59. The molecular weight excluding hydrogens is 210 g/mol. The Bertz CT molecular complexity index is 471. The van der Waals surface area contributed by atoms with Crippen LogP contribution in [0.1, 0.15) is 31.0 Å². The van der Waals surface area contributed by atoms with Crippen LogP contribution >= 0.6 is 0 Å². The van der Waals surface area contributed by atoms with Gasteiger partial charge in [-0.05, 0) is 24.5 Å². The van der Waals surface area contributed by atoms with Gasteiger partial charge in [-0.15, -0.1) is 5.10 Å². The maximum absolute atomic E-state index is 4.13. The van der Waals surface area contributed by atoms with Crippen LogP contribution in [0.2, 0.25) is 0 Å². The second-order valence-electron chi connectivity index (χ2n) is 4.02. The molecule has 0 aliphatic heterocycles. The van der Waals surface area contributed by atoms with Crippen LogP contribution in [0.5, 0.6) is 0 Å². The molecule has 3 nitrogen and oxygen atoms in total. The number of nitrogens with zero attached hydrogens (tertiary/aromatic N) is 3. The number of aromatic nitrogens is 3. The van der Waals surface area contributed by atoms with E-state index in [4.69, 9.17) is 0 Å². The van der Waals surface area contributed by atoms with E-state index < -0.39 is 0 Å². The second kappa shape index (κ2) is 5.99. The summed E-state index contributed by atoms with van der Waals surface area (Å²) in [4.78, 5) is 0. The van der Waals surface area contributed by atoms with Gasteiger partial charge in [-0.1, -0.05) is 48.9 Å².